The number of nitrogens with one attached hydrogen (secondary N) is 1. The third-order valence-corrected chi connectivity index (χ3v) is 9.40. The standard InChI is InChI=1S/C30H34Cl2N8O/c1-38-9-11-39(12-10-38)21-5-7-22(8-6-21)40-30-27(29(33)34-17-35-30)28(37-40)18-3-2-4-20(13-18)36-24-16-41-25-15-19(31)14-23(32)26(24)25/h2-4,13-15,17,21-22,24,36H,5-12,16H2,1H3,(H2,33,34,35). The lowest BCUT2D eigenvalue weighted by Gasteiger charge is -2.41. The Morgan fingerprint density at radius 3 is 2.56 bits per heavy atom. The molecule has 1 atom stereocenters. The summed E-state index contributed by atoms with van der Waals surface area (Å²) in [5, 5.41) is 10.7. The van der Waals surface area contributed by atoms with Gasteiger partial charge >= 0.3 is 0 Å². The summed E-state index contributed by atoms with van der Waals surface area (Å²) in [4.78, 5) is 14.1. The lowest BCUT2D eigenvalue weighted by atomic mass is 9.90. The minimum atomic E-state index is -0.0943. The van der Waals surface area contributed by atoms with Crippen LogP contribution in [0.3, 0.4) is 0 Å². The number of likely N-dealkylation sites (N-methyl/N-ethyl adjacent to an activating group) is 1. The molecule has 1 saturated heterocycles. The van der Waals surface area contributed by atoms with Crippen LogP contribution in [0.1, 0.15) is 43.3 Å². The van der Waals surface area contributed by atoms with E-state index in [9.17, 15) is 0 Å². The summed E-state index contributed by atoms with van der Waals surface area (Å²) in [7, 11) is 2.21. The summed E-state index contributed by atoms with van der Waals surface area (Å²) in [6.07, 6.45) is 6.03. The highest BCUT2D eigenvalue weighted by Gasteiger charge is 2.31. The zero-order valence-electron chi connectivity index (χ0n) is 23.1. The van der Waals surface area contributed by atoms with Crippen molar-refractivity contribution < 1.29 is 4.74 Å². The number of halogens is 2. The molecular weight excluding hydrogens is 559 g/mol. The number of fused-ring (bicyclic) bond motifs is 2. The fourth-order valence-corrected chi connectivity index (χ4v) is 7.26. The summed E-state index contributed by atoms with van der Waals surface area (Å²) in [6.45, 7) is 5.09. The van der Waals surface area contributed by atoms with Gasteiger partial charge in [0.05, 0.1) is 22.5 Å². The minimum absolute atomic E-state index is 0.0943. The summed E-state index contributed by atoms with van der Waals surface area (Å²) in [5.74, 6) is 1.16. The van der Waals surface area contributed by atoms with E-state index in [0.717, 1.165) is 72.6 Å². The zero-order chi connectivity index (χ0) is 28.1. The Balaban J connectivity index is 1.15. The van der Waals surface area contributed by atoms with Gasteiger partial charge in [0.25, 0.3) is 0 Å². The van der Waals surface area contributed by atoms with E-state index in [1.807, 2.05) is 12.1 Å². The molecule has 0 bridgehead atoms. The van der Waals surface area contributed by atoms with Crippen LogP contribution in [0.2, 0.25) is 10.0 Å². The van der Waals surface area contributed by atoms with Crippen LogP contribution in [-0.4, -0.2) is 75.4 Å². The number of nitrogens with two attached hydrogens (primary N) is 1. The van der Waals surface area contributed by atoms with Crippen LogP contribution >= 0.6 is 23.2 Å². The van der Waals surface area contributed by atoms with E-state index >= 15 is 0 Å². The van der Waals surface area contributed by atoms with Gasteiger partial charge in [0.1, 0.15) is 30.2 Å². The summed E-state index contributed by atoms with van der Waals surface area (Å²) < 4.78 is 7.97. The summed E-state index contributed by atoms with van der Waals surface area (Å²) >= 11 is 12.7. The van der Waals surface area contributed by atoms with E-state index < -0.39 is 0 Å². The average Bonchev–Trinajstić information content (AvgIpc) is 3.56. The predicted octanol–water partition coefficient (Wildman–Crippen LogP) is 5.66. The maximum absolute atomic E-state index is 6.53. The molecule has 41 heavy (non-hydrogen) atoms. The van der Waals surface area contributed by atoms with Gasteiger partial charge in [0.2, 0.25) is 0 Å². The van der Waals surface area contributed by atoms with Crippen molar-refractivity contribution >= 4 is 45.7 Å². The summed E-state index contributed by atoms with van der Waals surface area (Å²) in [5.41, 5.74) is 10.9. The Morgan fingerprint density at radius 1 is 0.976 bits per heavy atom. The van der Waals surface area contributed by atoms with Gasteiger partial charge in [-0.05, 0) is 57.0 Å². The Bertz CT molecular complexity index is 1580. The summed E-state index contributed by atoms with van der Waals surface area (Å²) in [6, 6.07) is 12.6. The van der Waals surface area contributed by atoms with Crippen molar-refractivity contribution in [2.75, 3.05) is 50.9 Å². The maximum Gasteiger partial charge on any atom is 0.164 e. The third-order valence-electron chi connectivity index (χ3n) is 8.87. The van der Waals surface area contributed by atoms with Crippen molar-refractivity contribution in [1.82, 2.24) is 29.5 Å². The van der Waals surface area contributed by atoms with Crippen LogP contribution in [0.4, 0.5) is 11.5 Å². The molecule has 11 heteroatoms. The van der Waals surface area contributed by atoms with Gasteiger partial charge in [-0.3, -0.25) is 4.90 Å². The molecule has 3 N–H and O–H groups in total. The second kappa shape index (κ2) is 10.9. The molecule has 1 aliphatic carbocycles. The first kappa shape index (κ1) is 26.8. The van der Waals surface area contributed by atoms with Crippen molar-refractivity contribution in [2.45, 2.75) is 43.8 Å². The molecule has 0 spiro atoms. The topological polar surface area (TPSA) is 97.4 Å². The minimum Gasteiger partial charge on any atom is -0.491 e. The van der Waals surface area contributed by atoms with Crippen molar-refractivity contribution in [2.24, 2.45) is 0 Å². The number of rotatable bonds is 5. The van der Waals surface area contributed by atoms with Gasteiger partial charge in [0, 0.05) is 54.1 Å². The molecule has 0 radical (unpaired) electrons. The molecule has 2 aliphatic heterocycles. The van der Waals surface area contributed by atoms with Crippen LogP contribution in [0.25, 0.3) is 22.3 Å². The van der Waals surface area contributed by atoms with E-state index in [-0.39, 0.29) is 12.1 Å². The molecule has 7 rings (SSSR count). The molecule has 214 valence electrons. The number of nitrogens with zero attached hydrogens (tertiary/aromatic N) is 6. The first-order valence-corrected chi connectivity index (χ1v) is 15.1. The van der Waals surface area contributed by atoms with Crippen LogP contribution in [0.5, 0.6) is 5.75 Å². The van der Waals surface area contributed by atoms with Crippen LogP contribution in [0, 0.1) is 0 Å². The SMILES string of the molecule is CN1CCN(C2CCC(n3nc(-c4cccc(NC5COc6cc(Cl)cc(Cl)c65)c4)c4c(N)ncnc43)CC2)CC1. The van der Waals surface area contributed by atoms with Gasteiger partial charge < -0.3 is 20.7 Å². The fourth-order valence-electron chi connectivity index (χ4n) is 6.65. The Kier molecular flexibility index (Phi) is 7.15. The highest BCUT2D eigenvalue weighted by atomic mass is 35.5. The van der Waals surface area contributed by atoms with Crippen molar-refractivity contribution in [3.8, 4) is 17.0 Å². The first-order valence-electron chi connectivity index (χ1n) is 14.3. The van der Waals surface area contributed by atoms with Gasteiger partial charge in [-0.15, -0.1) is 0 Å². The second-order valence-electron chi connectivity index (χ2n) is 11.4. The number of anilines is 2. The second-order valence-corrected chi connectivity index (χ2v) is 12.3. The first-order chi connectivity index (χ1) is 19.9. The van der Waals surface area contributed by atoms with E-state index in [4.69, 9.17) is 38.8 Å². The van der Waals surface area contributed by atoms with Crippen LogP contribution in [0.15, 0.2) is 42.7 Å². The highest BCUT2D eigenvalue weighted by molar-refractivity contribution is 6.35. The van der Waals surface area contributed by atoms with E-state index in [2.05, 4.69) is 48.9 Å². The number of hydrogen-bond acceptors (Lipinski definition) is 8. The Labute approximate surface area is 249 Å². The number of nitrogen functional groups attached to an aromatic ring is 1. The van der Waals surface area contributed by atoms with Gasteiger partial charge in [-0.25, -0.2) is 14.6 Å². The Morgan fingerprint density at radius 2 is 1.76 bits per heavy atom. The van der Waals surface area contributed by atoms with E-state index in [0.29, 0.717) is 34.3 Å². The van der Waals surface area contributed by atoms with E-state index in [1.165, 1.54) is 12.8 Å². The molecule has 1 unspecified atom stereocenters. The zero-order valence-corrected chi connectivity index (χ0v) is 24.6. The quantitative estimate of drug-likeness (QED) is 0.306. The van der Waals surface area contributed by atoms with Crippen LogP contribution in [-0.2, 0) is 0 Å². The number of ether oxygens (including phenoxy) is 1. The molecule has 0 amide bonds. The van der Waals surface area contributed by atoms with Crippen molar-refractivity contribution in [1.29, 1.82) is 0 Å². The van der Waals surface area contributed by atoms with Crippen molar-refractivity contribution in [3.63, 3.8) is 0 Å². The maximum atomic E-state index is 6.53. The molecule has 4 aromatic rings. The number of hydrogen-bond donors (Lipinski definition) is 2. The predicted molar refractivity (Wildman–Crippen MR) is 164 cm³/mol. The number of piperazine rings is 1. The molecule has 2 aromatic carbocycles. The van der Waals surface area contributed by atoms with E-state index in [1.54, 1.807) is 18.5 Å². The van der Waals surface area contributed by atoms with Gasteiger partial charge in [-0.1, -0.05) is 35.3 Å². The normalized spacial score (nSPS) is 23.4. The van der Waals surface area contributed by atoms with Gasteiger partial charge in [0.15, 0.2) is 5.65 Å². The molecule has 4 heterocycles. The fraction of sp³-hybridized carbons (Fsp3) is 0.433. The third kappa shape index (κ3) is 5.09. The van der Waals surface area contributed by atoms with Crippen molar-refractivity contribution in [3.05, 3.63) is 58.3 Å². The molecule has 2 fully saturated rings. The lowest BCUT2D eigenvalue weighted by Crippen LogP contribution is -2.49. The molecule has 3 aliphatic rings. The van der Waals surface area contributed by atoms with Crippen LogP contribution < -0.4 is 15.8 Å². The number of aromatic nitrogens is 4. The molecule has 2 aromatic heterocycles. The largest absolute Gasteiger partial charge is 0.491 e. The molecular formula is C30H34Cl2N8O. The van der Waals surface area contributed by atoms with Gasteiger partial charge in [-0.2, -0.15) is 5.10 Å². The molecule has 9 nitrogen and oxygen atoms in total. The number of benzene rings is 2. The molecule has 1 saturated carbocycles. The average molecular weight is 594 g/mol. The Hall–Kier alpha value is -3.11. The smallest absolute Gasteiger partial charge is 0.164 e. The monoisotopic (exact) mass is 592 g/mol. The highest BCUT2D eigenvalue weighted by Crippen LogP contribution is 2.42. The lowest BCUT2D eigenvalue weighted by molar-refractivity contribution is 0.0815.